The predicted molar refractivity (Wildman–Crippen MR) is 100 cm³/mol. The molecule has 1 saturated heterocycles. The first-order chi connectivity index (χ1) is 12.8. The van der Waals surface area contributed by atoms with Crippen LogP contribution in [0.1, 0.15) is 23.8 Å². The molecule has 0 aliphatic carbocycles. The molecule has 1 atom stereocenters. The maximum Gasteiger partial charge on any atom is 0.273 e. The molecule has 0 radical (unpaired) electrons. The largest absolute Gasteiger partial charge is 0.333 e. The minimum Gasteiger partial charge on any atom is -0.333 e. The van der Waals surface area contributed by atoms with Crippen LogP contribution in [0.4, 0.5) is 0 Å². The zero-order chi connectivity index (χ0) is 17.9. The Labute approximate surface area is 155 Å². The number of thiazole rings is 1. The summed E-state index contributed by atoms with van der Waals surface area (Å²) in [5.74, 6) is -0.0147. The lowest BCUT2D eigenvalue weighted by Crippen LogP contribution is -2.41. The highest BCUT2D eigenvalue weighted by Gasteiger charge is 2.27. The molecule has 0 spiro atoms. The van der Waals surface area contributed by atoms with Gasteiger partial charge >= 0.3 is 0 Å². The van der Waals surface area contributed by atoms with Crippen LogP contribution in [0.5, 0.6) is 0 Å². The molecule has 7 nitrogen and oxygen atoms in total. The van der Waals surface area contributed by atoms with Crippen molar-refractivity contribution in [3.8, 4) is 16.4 Å². The van der Waals surface area contributed by atoms with E-state index in [1.807, 2.05) is 47.5 Å². The van der Waals surface area contributed by atoms with Gasteiger partial charge in [-0.1, -0.05) is 18.2 Å². The molecule has 2 aromatic heterocycles. The Hall–Kier alpha value is -2.58. The summed E-state index contributed by atoms with van der Waals surface area (Å²) >= 11 is 1.42. The Kier molecular flexibility index (Phi) is 4.77. The minimum atomic E-state index is -0.0147. The van der Waals surface area contributed by atoms with Crippen molar-refractivity contribution in [1.82, 2.24) is 30.2 Å². The number of hydrogen-bond donors (Lipinski definition) is 1. The maximum atomic E-state index is 12.8. The number of benzene rings is 1. The zero-order valence-electron chi connectivity index (χ0n) is 14.5. The molecule has 1 aliphatic rings. The predicted octanol–water partition coefficient (Wildman–Crippen LogP) is 2.21. The lowest BCUT2D eigenvalue weighted by molar-refractivity contribution is 0.0698. The molecule has 1 aliphatic heterocycles. The summed E-state index contributed by atoms with van der Waals surface area (Å²) in [6.07, 6.45) is 2.67. The van der Waals surface area contributed by atoms with Crippen molar-refractivity contribution in [2.45, 2.75) is 19.4 Å². The van der Waals surface area contributed by atoms with E-state index in [4.69, 9.17) is 0 Å². The lowest BCUT2D eigenvalue weighted by atomic mass is 10.2. The van der Waals surface area contributed by atoms with Gasteiger partial charge in [0.05, 0.1) is 11.9 Å². The number of hydrogen-bond acceptors (Lipinski definition) is 6. The first kappa shape index (κ1) is 16.9. The fourth-order valence-corrected chi connectivity index (χ4v) is 3.90. The summed E-state index contributed by atoms with van der Waals surface area (Å²) in [7, 11) is 0. The molecule has 1 N–H and O–H groups in total. The van der Waals surface area contributed by atoms with Gasteiger partial charge in [-0.25, -0.2) is 4.98 Å². The van der Waals surface area contributed by atoms with Crippen molar-refractivity contribution in [3.05, 3.63) is 47.6 Å². The monoisotopic (exact) mass is 368 g/mol. The van der Waals surface area contributed by atoms with E-state index in [2.05, 4.69) is 20.5 Å². The van der Waals surface area contributed by atoms with E-state index < -0.39 is 0 Å². The number of nitrogens with zero attached hydrogens (tertiary/aromatic N) is 5. The van der Waals surface area contributed by atoms with Crippen LogP contribution in [0.25, 0.3) is 16.4 Å². The Morgan fingerprint density at radius 3 is 2.96 bits per heavy atom. The molecule has 1 fully saturated rings. The standard InChI is InChI=1S/C18H20N6OS/c1-2-23(14-8-9-19-10-14)18(25)16-12-26-17(21-16)15-11-20-24(22-15)13-6-4-3-5-7-13/h3-7,11-12,14,19H,2,8-10H2,1H3/t14-/m0/s1. The Bertz CT molecular complexity index is 884. The van der Waals surface area contributed by atoms with Gasteiger partial charge < -0.3 is 10.2 Å². The summed E-state index contributed by atoms with van der Waals surface area (Å²) in [4.78, 5) is 20.8. The van der Waals surface area contributed by atoms with Crippen LogP contribution in [0.15, 0.2) is 41.9 Å². The molecule has 0 saturated carbocycles. The average molecular weight is 368 g/mol. The molecule has 1 aromatic carbocycles. The third-order valence-electron chi connectivity index (χ3n) is 4.50. The van der Waals surface area contributed by atoms with Gasteiger partial charge in [0.2, 0.25) is 0 Å². The smallest absolute Gasteiger partial charge is 0.273 e. The molecule has 4 rings (SSSR count). The van der Waals surface area contributed by atoms with Crippen molar-refractivity contribution in [1.29, 1.82) is 0 Å². The van der Waals surface area contributed by atoms with Crippen LogP contribution in [-0.4, -0.2) is 56.5 Å². The third-order valence-corrected chi connectivity index (χ3v) is 5.36. The normalized spacial score (nSPS) is 16.7. The molecule has 26 heavy (non-hydrogen) atoms. The molecule has 1 amide bonds. The molecule has 3 aromatic rings. The maximum absolute atomic E-state index is 12.8. The first-order valence-corrected chi connectivity index (χ1v) is 9.59. The van der Waals surface area contributed by atoms with Crippen LogP contribution in [0.3, 0.4) is 0 Å². The number of likely N-dealkylation sites (N-methyl/N-ethyl adjacent to an activating group) is 1. The molecular formula is C18H20N6OS. The number of para-hydroxylation sites is 1. The number of nitrogens with one attached hydrogen (secondary N) is 1. The van der Waals surface area contributed by atoms with Gasteiger partial charge in [-0.15, -0.1) is 16.4 Å². The van der Waals surface area contributed by atoms with E-state index in [1.165, 1.54) is 11.3 Å². The fourth-order valence-electron chi connectivity index (χ4n) is 3.16. The van der Waals surface area contributed by atoms with Crippen molar-refractivity contribution < 1.29 is 4.79 Å². The lowest BCUT2D eigenvalue weighted by Gasteiger charge is -2.26. The molecule has 0 unspecified atom stereocenters. The van der Waals surface area contributed by atoms with Gasteiger partial charge in [-0.05, 0) is 32.0 Å². The first-order valence-electron chi connectivity index (χ1n) is 8.71. The van der Waals surface area contributed by atoms with E-state index in [9.17, 15) is 4.79 Å². The topological polar surface area (TPSA) is 75.9 Å². The Morgan fingerprint density at radius 2 is 2.23 bits per heavy atom. The highest BCUT2D eigenvalue weighted by atomic mass is 32.1. The summed E-state index contributed by atoms with van der Waals surface area (Å²) in [5, 5.41) is 14.6. The van der Waals surface area contributed by atoms with Gasteiger partial charge in [0.15, 0.2) is 0 Å². The van der Waals surface area contributed by atoms with Gasteiger partial charge in [0.1, 0.15) is 16.4 Å². The van der Waals surface area contributed by atoms with Crippen molar-refractivity contribution >= 4 is 17.2 Å². The van der Waals surface area contributed by atoms with Gasteiger partial charge in [-0.3, -0.25) is 4.79 Å². The minimum absolute atomic E-state index is 0.0147. The SMILES string of the molecule is CCN(C(=O)c1csc(-c2cnn(-c3ccccc3)n2)n1)[C@H]1CCNC1. The van der Waals surface area contributed by atoms with Crippen LogP contribution >= 0.6 is 11.3 Å². The fraction of sp³-hybridized carbons (Fsp3) is 0.333. The van der Waals surface area contributed by atoms with Crippen LogP contribution < -0.4 is 5.32 Å². The van der Waals surface area contributed by atoms with Gasteiger partial charge in [-0.2, -0.15) is 9.90 Å². The number of carbonyl (C=O) groups is 1. The number of rotatable bonds is 5. The summed E-state index contributed by atoms with van der Waals surface area (Å²) in [6, 6.07) is 9.96. The Morgan fingerprint density at radius 1 is 1.38 bits per heavy atom. The Balaban J connectivity index is 1.54. The second kappa shape index (κ2) is 7.35. The zero-order valence-corrected chi connectivity index (χ0v) is 15.3. The van der Waals surface area contributed by atoms with Crippen LogP contribution in [0, 0.1) is 0 Å². The molecule has 0 bridgehead atoms. The van der Waals surface area contributed by atoms with E-state index >= 15 is 0 Å². The molecular weight excluding hydrogens is 348 g/mol. The van der Waals surface area contributed by atoms with Crippen LogP contribution in [0.2, 0.25) is 0 Å². The van der Waals surface area contributed by atoms with Crippen molar-refractivity contribution in [2.24, 2.45) is 0 Å². The molecule has 3 heterocycles. The highest BCUT2D eigenvalue weighted by molar-refractivity contribution is 7.13. The number of carbonyl (C=O) groups excluding carboxylic acids is 1. The van der Waals surface area contributed by atoms with E-state index in [-0.39, 0.29) is 11.9 Å². The molecule has 134 valence electrons. The number of aromatic nitrogens is 4. The molecule has 8 heteroatoms. The third kappa shape index (κ3) is 3.25. The summed E-state index contributed by atoms with van der Waals surface area (Å²) < 4.78 is 0. The van der Waals surface area contributed by atoms with E-state index in [0.717, 1.165) is 25.2 Å². The van der Waals surface area contributed by atoms with Crippen molar-refractivity contribution in [3.63, 3.8) is 0 Å². The van der Waals surface area contributed by atoms with E-state index in [1.54, 1.807) is 11.0 Å². The second-order valence-corrected chi connectivity index (χ2v) is 6.99. The van der Waals surface area contributed by atoms with Crippen LogP contribution in [-0.2, 0) is 0 Å². The van der Waals surface area contributed by atoms with Crippen molar-refractivity contribution in [2.75, 3.05) is 19.6 Å². The second-order valence-electron chi connectivity index (χ2n) is 6.13. The summed E-state index contributed by atoms with van der Waals surface area (Å²) in [5.41, 5.74) is 2.04. The quantitative estimate of drug-likeness (QED) is 0.747. The van der Waals surface area contributed by atoms with E-state index in [0.29, 0.717) is 22.9 Å². The van der Waals surface area contributed by atoms with Gasteiger partial charge in [0, 0.05) is 24.5 Å². The summed E-state index contributed by atoms with van der Waals surface area (Å²) in [6.45, 7) is 4.50. The average Bonchev–Trinajstić information content (AvgIpc) is 3.43. The highest BCUT2D eigenvalue weighted by Crippen LogP contribution is 2.23. The van der Waals surface area contributed by atoms with Gasteiger partial charge in [0.25, 0.3) is 5.91 Å². The number of amides is 1.